The highest BCUT2D eigenvalue weighted by Gasteiger charge is 2.12. The van der Waals surface area contributed by atoms with Crippen LogP contribution in [0.25, 0.3) is 23.1 Å². The molecule has 0 spiro atoms. The van der Waals surface area contributed by atoms with Crippen molar-refractivity contribution in [2.75, 3.05) is 0 Å². The number of benzene rings is 1. The summed E-state index contributed by atoms with van der Waals surface area (Å²) in [7, 11) is 0. The zero-order valence-corrected chi connectivity index (χ0v) is 9.61. The van der Waals surface area contributed by atoms with Crippen molar-refractivity contribution in [1.29, 1.82) is 0 Å². The molecule has 92 valence electrons. The summed E-state index contributed by atoms with van der Waals surface area (Å²) in [5, 5.41) is 7.83. The van der Waals surface area contributed by atoms with Crippen LogP contribution in [-0.4, -0.2) is 16.3 Å². The number of carbonyl (C=O) groups excluding carboxylic acids is 1. The van der Waals surface area contributed by atoms with Gasteiger partial charge in [0.05, 0.1) is 12.0 Å². The summed E-state index contributed by atoms with van der Waals surface area (Å²) >= 11 is 0. The van der Waals surface area contributed by atoms with Gasteiger partial charge in [-0.1, -0.05) is 0 Å². The van der Waals surface area contributed by atoms with Crippen LogP contribution in [0.3, 0.4) is 0 Å². The molecule has 6 heteroatoms. The highest BCUT2D eigenvalue weighted by molar-refractivity contribution is 5.59. The Kier molecular flexibility index (Phi) is 2.76. The predicted molar refractivity (Wildman–Crippen MR) is 65.2 cm³/mol. The second kappa shape index (κ2) is 4.72. The molecule has 1 aromatic carbocycles. The van der Waals surface area contributed by atoms with Crippen molar-refractivity contribution in [1.82, 2.24) is 10.2 Å². The molecule has 0 bridgehead atoms. The molecule has 0 N–H and O–H groups in total. The van der Waals surface area contributed by atoms with E-state index in [-0.39, 0.29) is 0 Å². The van der Waals surface area contributed by atoms with Crippen LogP contribution in [0, 0.1) is 0 Å². The molecular formula is C13H7N3O3. The molecule has 0 aliphatic rings. The van der Waals surface area contributed by atoms with E-state index in [1.807, 2.05) is 0 Å². The summed E-state index contributed by atoms with van der Waals surface area (Å²) in [6.07, 6.45) is 3.01. The van der Waals surface area contributed by atoms with Gasteiger partial charge in [-0.05, 0) is 36.4 Å². The van der Waals surface area contributed by atoms with E-state index in [9.17, 15) is 4.79 Å². The van der Waals surface area contributed by atoms with Gasteiger partial charge in [-0.15, -0.1) is 10.2 Å². The summed E-state index contributed by atoms with van der Waals surface area (Å²) in [6.45, 7) is 0. The first-order valence-electron chi connectivity index (χ1n) is 5.42. The Morgan fingerprint density at radius 2 is 1.84 bits per heavy atom. The molecule has 0 unspecified atom stereocenters. The lowest BCUT2D eigenvalue weighted by atomic mass is 10.2. The number of rotatable bonds is 3. The third-order valence-corrected chi connectivity index (χ3v) is 2.45. The van der Waals surface area contributed by atoms with Gasteiger partial charge in [0.25, 0.3) is 5.89 Å². The maximum Gasteiger partial charge on any atom is 0.283 e. The standard InChI is InChI=1S/C13H7N3O3/c17-8-14-10-5-3-9(4-6-10)12-15-16-13(19-12)11-2-1-7-18-11/h1-7H. The van der Waals surface area contributed by atoms with E-state index in [0.717, 1.165) is 5.56 Å². The topological polar surface area (TPSA) is 81.5 Å². The summed E-state index contributed by atoms with van der Waals surface area (Å²) in [5.41, 5.74) is 1.25. The molecule has 0 saturated heterocycles. The number of aromatic nitrogens is 2. The smallest absolute Gasteiger partial charge is 0.283 e. The van der Waals surface area contributed by atoms with E-state index < -0.39 is 0 Å². The number of nitrogens with zero attached hydrogens (tertiary/aromatic N) is 3. The summed E-state index contributed by atoms with van der Waals surface area (Å²) in [6, 6.07) is 10.3. The Hall–Kier alpha value is -2.98. The minimum absolute atomic E-state index is 0.315. The molecule has 0 saturated carbocycles. The summed E-state index contributed by atoms with van der Waals surface area (Å²) in [5.74, 6) is 1.20. The Morgan fingerprint density at radius 3 is 2.53 bits per heavy atom. The maximum absolute atomic E-state index is 10.1. The first-order valence-corrected chi connectivity index (χ1v) is 5.42. The van der Waals surface area contributed by atoms with Crippen LogP contribution in [0.2, 0.25) is 0 Å². The van der Waals surface area contributed by atoms with Gasteiger partial charge in [-0.25, -0.2) is 4.79 Å². The number of isocyanates is 1. The van der Waals surface area contributed by atoms with E-state index >= 15 is 0 Å². The number of hydrogen-bond acceptors (Lipinski definition) is 6. The van der Waals surface area contributed by atoms with Crippen LogP contribution in [0.5, 0.6) is 0 Å². The predicted octanol–water partition coefficient (Wildman–Crippen LogP) is 2.96. The van der Waals surface area contributed by atoms with Crippen LogP contribution < -0.4 is 0 Å². The van der Waals surface area contributed by atoms with Gasteiger partial charge in [-0.3, -0.25) is 0 Å². The molecule has 3 aromatic rings. The lowest BCUT2D eigenvalue weighted by Gasteiger charge is -1.94. The van der Waals surface area contributed by atoms with Crippen LogP contribution in [0.1, 0.15) is 0 Å². The second-order valence-electron chi connectivity index (χ2n) is 3.64. The molecule has 0 amide bonds. The van der Waals surface area contributed by atoms with Gasteiger partial charge in [0.1, 0.15) is 0 Å². The fourth-order valence-electron chi connectivity index (χ4n) is 1.57. The van der Waals surface area contributed by atoms with Gasteiger partial charge in [-0.2, -0.15) is 4.99 Å². The van der Waals surface area contributed by atoms with Gasteiger partial charge >= 0.3 is 0 Å². The van der Waals surface area contributed by atoms with Crippen molar-refractivity contribution in [2.24, 2.45) is 4.99 Å². The van der Waals surface area contributed by atoms with Crippen molar-refractivity contribution in [2.45, 2.75) is 0 Å². The monoisotopic (exact) mass is 253 g/mol. The largest absolute Gasteiger partial charge is 0.459 e. The molecule has 2 heterocycles. The van der Waals surface area contributed by atoms with Crippen molar-refractivity contribution in [3.05, 3.63) is 42.7 Å². The van der Waals surface area contributed by atoms with E-state index in [2.05, 4.69) is 15.2 Å². The van der Waals surface area contributed by atoms with E-state index in [0.29, 0.717) is 23.2 Å². The first-order chi connectivity index (χ1) is 9.36. The molecule has 6 nitrogen and oxygen atoms in total. The van der Waals surface area contributed by atoms with Crippen LogP contribution in [0.15, 0.2) is 56.5 Å². The van der Waals surface area contributed by atoms with Crippen LogP contribution in [-0.2, 0) is 4.79 Å². The Balaban J connectivity index is 1.92. The third kappa shape index (κ3) is 2.20. The van der Waals surface area contributed by atoms with Gasteiger partial charge in [0, 0.05) is 5.56 Å². The van der Waals surface area contributed by atoms with Gasteiger partial charge in [0.15, 0.2) is 5.76 Å². The minimum Gasteiger partial charge on any atom is -0.459 e. The van der Waals surface area contributed by atoms with E-state index in [1.54, 1.807) is 36.4 Å². The number of hydrogen-bond donors (Lipinski definition) is 0. The Labute approximate surface area is 107 Å². The van der Waals surface area contributed by atoms with Crippen molar-refractivity contribution >= 4 is 11.8 Å². The third-order valence-electron chi connectivity index (χ3n) is 2.45. The average molecular weight is 253 g/mol. The fourth-order valence-corrected chi connectivity index (χ4v) is 1.57. The fraction of sp³-hybridized carbons (Fsp3) is 0. The molecule has 19 heavy (non-hydrogen) atoms. The normalized spacial score (nSPS) is 10.1. The quantitative estimate of drug-likeness (QED) is 0.529. The SMILES string of the molecule is O=C=Nc1ccc(-c2nnc(-c3ccco3)o2)cc1. The molecule has 0 atom stereocenters. The molecule has 0 fully saturated rings. The van der Waals surface area contributed by atoms with Crippen LogP contribution >= 0.6 is 0 Å². The van der Waals surface area contributed by atoms with Crippen LogP contribution in [0.4, 0.5) is 5.69 Å². The average Bonchev–Trinajstić information content (AvgIpc) is 3.11. The van der Waals surface area contributed by atoms with E-state index in [1.165, 1.54) is 12.3 Å². The molecule has 0 aliphatic heterocycles. The number of furan rings is 1. The highest BCUT2D eigenvalue weighted by atomic mass is 16.4. The molecular weight excluding hydrogens is 246 g/mol. The maximum atomic E-state index is 10.1. The minimum atomic E-state index is 0.315. The lowest BCUT2D eigenvalue weighted by molar-refractivity contribution is 0.523. The van der Waals surface area contributed by atoms with Gasteiger partial charge in [0.2, 0.25) is 12.0 Å². The van der Waals surface area contributed by atoms with Crippen molar-refractivity contribution in [3.8, 4) is 23.1 Å². The molecule has 0 aliphatic carbocycles. The molecule has 0 radical (unpaired) electrons. The number of aliphatic imine (C=N–C) groups is 1. The lowest BCUT2D eigenvalue weighted by Crippen LogP contribution is -1.76. The summed E-state index contributed by atoms with van der Waals surface area (Å²) in [4.78, 5) is 13.6. The summed E-state index contributed by atoms with van der Waals surface area (Å²) < 4.78 is 10.7. The Morgan fingerprint density at radius 1 is 1.05 bits per heavy atom. The molecule has 3 rings (SSSR count). The zero-order chi connectivity index (χ0) is 13.1. The second-order valence-corrected chi connectivity index (χ2v) is 3.64. The van der Waals surface area contributed by atoms with Gasteiger partial charge < -0.3 is 8.83 Å². The van der Waals surface area contributed by atoms with Crippen molar-refractivity contribution in [3.63, 3.8) is 0 Å². The first kappa shape index (κ1) is 11.1. The zero-order valence-electron chi connectivity index (χ0n) is 9.61. The van der Waals surface area contributed by atoms with E-state index in [4.69, 9.17) is 8.83 Å². The Bertz CT molecular complexity index is 723. The molecule has 2 aromatic heterocycles. The highest BCUT2D eigenvalue weighted by Crippen LogP contribution is 2.25. The van der Waals surface area contributed by atoms with Crippen molar-refractivity contribution < 1.29 is 13.6 Å².